The SMILES string of the molecule is CCCOc1cc2onc(CCS)c2cc1Cl. The highest BCUT2D eigenvalue weighted by atomic mass is 35.5. The number of benzene rings is 1. The van der Waals surface area contributed by atoms with E-state index >= 15 is 0 Å². The van der Waals surface area contributed by atoms with Crippen LogP contribution in [0, 0.1) is 0 Å². The van der Waals surface area contributed by atoms with Crippen LogP contribution in [0.25, 0.3) is 11.0 Å². The van der Waals surface area contributed by atoms with Gasteiger partial charge in [0.15, 0.2) is 5.58 Å². The molecule has 0 N–H and O–H groups in total. The molecule has 0 saturated heterocycles. The summed E-state index contributed by atoms with van der Waals surface area (Å²) in [5.41, 5.74) is 1.59. The van der Waals surface area contributed by atoms with Crippen LogP contribution in [0.5, 0.6) is 5.75 Å². The molecule has 1 aromatic carbocycles. The number of hydrogen-bond donors (Lipinski definition) is 1. The summed E-state index contributed by atoms with van der Waals surface area (Å²) in [7, 11) is 0. The van der Waals surface area contributed by atoms with Crippen LogP contribution in [0.3, 0.4) is 0 Å². The van der Waals surface area contributed by atoms with Crippen LogP contribution in [-0.2, 0) is 6.42 Å². The normalized spacial score (nSPS) is 11.0. The number of aryl methyl sites for hydroxylation is 1. The Morgan fingerprint density at radius 1 is 1.47 bits per heavy atom. The molecule has 3 nitrogen and oxygen atoms in total. The molecule has 0 radical (unpaired) electrons. The molecular weight excluding hydrogens is 258 g/mol. The Labute approximate surface area is 110 Å². The van der Waals surface area contributed by atoms with Crippen molar-refractivity contribution in [1.29, 1.82) is 0 Å². The highest BCUT2D eigenvalue weighted by Crippen LogP contribution is 2.32. The molecule has 5 heteroatoms. The Kier molecular flexibility index (Phi) is 4.18. The van der Waals surface area contributed by atoms with Crippen LogP contribution >= 0.6 is 24.2 Å². The average Bonchev–Trinajstić information content (AvgIpc) is 2.69. The van der Waals surface area contributed by atoms with Crippen molar-refractivity contribution >= 4 is 35.2 Å². The minimum atomic E-state index is 0.592. The molecule has 0 fully saturated rings. The van der Waals surface area contributed by atoms with E-state index in [2.05, 4.69) is 17.8 Å². The van der Waals surface area contributed by atoms with Gasteiger partial charge in [-0.2, -0.15) is 12.6 Å². The first-order valence-electron chi connectivity index (χ1n) is 5.57. The number of aromatic nitrogens is 1. The number of hydrogen-bond acceptors (Lipinski definition) is 4. The maximum absolute atomic E-state index is 6.15. The van der Waals surface area contributed by atoms with Crippen molar-refractivity contribution in [3.05, 3.63) is 22.8 Å². The quantitative estimate of drug-likeness (QED) is 0.842. The maximum Gasteiger partial charge on any atom is 0.170 e. The third-order valence-electron chi connectivity index (χ3n) is 2.41. The zero-order valence-electron chi connectivity index (χ0n) is 9.57. The number of ether oxygens (including phenoxy) is 1. The molecule has 17 heavy (non-hydrogen) atoms. The fourth-order valence-electron chi connectivity index (χ4n) is 1.60. The summed E-state index contributed by atoms with van der Waals surface area (Å²) in [6.07, 6.45) is 1.71. The monoisotopic (exact) mass is 271 g/mol. The van der Waals surface area contributed by atoms with Crippen molar-refractivity contribution in [3.63, 3.8) is 0 Å². The topological polar surface area (TPSA) is 35.3 Å². The first-order valence-corrected chi connectivity index (χ1v) is 6.58. The van der Waals surface area contributed by atoms with Gasteiger partial charge in [-0.05, 0) is 18.2 Å². The predicted octanol–water partition coefficient (Wildman–Crippen LogP) is 3.74. The molecule has 92 valence electrons. The summed E-state index contributed by atoms with van der Waals surface area (Å²) in [6.45, 7) is 2.69. The molecule has 2 rings (SSSR count). The molecule has 0 saturated carbocycles. The van der Waals surface area contributed by atoms with Gasteiger partial charge in [0.25, 0.3) is 0 Å². The first-order chi connectivity index (χ1) is 8.26. The van der Waals surface area contributed by atoms with Gasteiger partial charge in [-0.25, -0.2) is 0 Å². The van der Waals surface area contributed by atoms with Crippen molar-refractivity contribution in [2.45, 2.75) is 19.8 Å². The van der Waals surface area contributed by atoms with Gasteiger partial charge >= 0.3 is 0 Å². The average molecular weight is 272 g/mol. The molecule has 0 bridgehead atoms. The number of halogens is 1. The Morgan fingerprint density at radius 3 is 3.00 bits per heavy atom. The van der Waals surface area contributed by atoms with Gasteiger partial charge in [-0.15, -0.1) is 0 Å². The summed E-state index contributed by atoms with van der Waals surface area (Å²) in [6, 6.07) is 3.64. The van der Waals surface area contributed by atoms with Crippen LogP contribution in [0.2, 0.25) is 5.02 Å². The summed E-state index contributed by atoms with van der Waals surface area (Å²) >= 11 is 10.3. The minimum absolute atomic E-state index is 0.592. The largest absolute Gasteiger partial charge is 0.492 e. The fraction of sp³-hybridized carbons (Fsp3) is 0.417. The molecule has 0 atom stereocenters. The predicted molar refractivity (Wildman–Crippen MR) is 72.4 cm³/mol. The van der Waals surface area contributed by atoms with E-state index in [-0.39, 0.29) is 0 Å². The van der Waals surface area contributed by atoms with E-state index in [4.69, 9.17) is 20.9 Å². The van der Waals surface area contributed by atoms with Crippen molar-refractivity contribution in [2.75, 3.05) is 12.4 Å². The van der Waals surface area contributed by atoms with E-state index in [1.54, 1.807) is 6.07 Å². The fourth-order valence-corrected chi connectivity index (χ4v) is 2.03. The van der Waals surface area contributed by atoms with E-state index in [9.17, 15) is 0 Å². The van der Waals surface area contributed by atoms with Gasteiger partial charge < -0.3 is 9.26 Å². The van der Waals surface area contributed by atoms with Crippen LogP contribution in [0.4, 0.5) is 0 Å². The molecule has 0 spiro atoms. The van der Waals surface area contributed by atoms with Gasteiger partial charge in [-0.1, -0.05) is 23.7 Å². The van der Waals surface area contributed by atoms with Gasteiger partial charge in [-0.3, -0.25) is 0 Å². The van der Waals surface area contributed by atoms with E-state index in [1.165, 1.54) is 0 Å². The second kappa shape index (κ2) is 5.65. The second-order valence-electron chi connectivity index (χ2n) is 3.73. The Morgan fingerprint density at radius 2 is 2.29 bits per heavy atom. The van der Waals surface area contributed by atoms with Crippen LogP contribution in [0.1, 0.15) is 19.0 Å². The van der Waals surface area contributed by atoms with E-state index in [0.717, 1.165) is 29.7 Å². The molecule has 0 unspecified atom stereocenters. The minimum Gasteiger partial charge on any atom is -0.492 e. The highest BCUT2D eigenvalue weighted by molar-refractivity contribution is 7.80. The van der Waals surface area contributed by atoms with E-state index < -0.39 is 0 Å². The lowest BCUT2D eigenvalue weighted by molar-refractivity contribution is 0.317. The van der Waals surface area contributed by atoms with Gasteiger partial charge in [0, 0.05) is 17.9 Å². The van der Waals surface area contributed by atoms with Gasteiger partial charge in [0.1, 0.15) is 5.75 Å². The zero-order valence-corrected chi connectivity index (χ0v) is 11.2. The molecule has 0 aliphatic heterocycles. The maximum atomic E-state index is 6.15. The lowest BCUT2D eigenvalue weighted by atomic mass is 10.2. The third kappa shape index (κ3) is 2.69. The summed E-state index contributed by atoms with van der Waals surface area (Å²) in [5, 5.41) is 5.54. The van der Waals surface area contributed by atoms with E-state index in [1.807, 2.05) is 13.0 Å². The van der Waals surface area contributed by atoms with Gasteiger partial charge in [0.2, 0.25) is 0 Å². The first kappa shape index (κ1) is 12.6. The molecule has 2 aromatic rings. The van der Waals surface area contributed by atoms with Crippen molar-refractivity contribution < 1.29 is 9.26 Å². The van der Waals surface area contributed by atoms with Gasteiger partial charge in [0.05, 0.1) is 17.3 Å². The zero-order chi connectivity index (χ0) is 12.3. The number of nitrogens with zero attached hydrogens (tertiary/aromatic N) is 1. The van der Waals surface area contributed by atoms with Crippen LogP contribution in [-0.4, -0.2) is 17.5 Å². The lowest BCUT2D eigenvalue weighted by Gasteiger charge is -2.06. The molecule has 1 heterocycles. The smallest absolute Gasteiger partial charge is 0.170 e. The Hall–Kier alpha value is -0.870. The Balaban J connectivity index is 2.37. The molecule has 1 aromatic heterocycles. The van der Waals surface area contributed by atoms with Crippen LogP contribution in [0.15, 0.2) is 16.7 Å². The van der Waals surface area contributed by atoms with Crippen molar-refractivity contribution in [3.8, 4) is 5.75 Å². The molecule has 0 aliphatic rings. The van der Waals surface area contributed by atoms with E-state index in [0.29, 0.717) is 23.0 Å². The summed E-state index contributed by atoms with van der Waals surface area (Å²) < 4.78 is 10.8. The van der Waals surface area contributed by atoms with Crippen LogP contribution < -0.4 is 4.74 Å². The molecular formula is C12H14ClNO2S. The lowest BCUT2D eigenvalue weighted by Crippen LogP contribution is -1.95. The second-order valence-corrected chi connectivity index (χ2v) is 4.58. The molecule has 0 amide bonds. The highest BCUT2D eigenvalue weighted by Gasteiger charge is 2.12. The Bertz CT molecular complexity index is 512. The number of rotatable bonds is 5. The standard InChI is InChI=1S/C12H14ClNO2S/c1-2-4-15-12-7-11-8(6-9(12)13)10(3-5-17)14-16-11/h6-7,17H,2-5H2,1H3. The summed E-state index contributed by atoms with van der Waals surface area (Å²) in [4.78, 5) is 0. The van der Waals surface area contributed by atoms with Crippen molar-refractivity contribution in [1.82, 2.24) is 5.16 Å². The number of thiol groups is 1. The van der Waals surface area contributed by atoms with Crippen molar-refractivity contribution in [2.24, 2.45) is 0 Å². The number of fused-ring (bicyclic) bond motifs is 1. The molecule has 0 aliphatic carbocycles. The summed E-state index contributed by atoms with van der Waals surface area (Å²) in [5.74, 6) is 1.38. The third-order valence-corrected chi connectivity index (χ3v) is 2.93.